The van der Waals surface area contributed by atoms with Crippen molar-refractivity contribution in [1.82, 2.24) is 20.3 Å². The van der Waals surface area contributed by atoms with Crippen molar-refractivity contribution in [3.8, 4) is 5.88 Å². The number of nitrogens with one attached hydrogen (secondary N) is 1. The van der Waals surface area contributed by atoms with Crippen LogP contribution in [0.5, 0.6) is 5.88 Å². The number of rotatable bonds is 4. The Kier molecular flexibility index (Phi) is 5.48. The number of ether oxygens (including phenoxy) is 1. The van der Waals surface area contributed by atoms with Crippen LogP contribution in [0.3, 0.4) is 0 Å². The molecule has 2 rings (SSSR count). The maximum atomic E-state index is 12.7. The first-order valence-electron chi connectivity index (χ1n) is 7.79. The predicted octanol–water partition coefficient (Wildman–Crippen LogP) is 3.31. The molecule has 2 aromatic heterocycles. The van der Waals surface area contributed by atoms with Crippen LogP contribution in [0, 0.1) is 6.92 Å². The fourth-order valence-electron chi connectivity index (χ4n) is 1.97. The standard InChI is InChI=1S/C17H19F3N4O2/c1-10-7-12(24-15(23-10)17(18,19)20)14(25)22-9-11-5-6-13(21-8-11)26-16(2,3)4/h5-8H,9H2,1-4H3,(H,22,25). The zero-order chi connectivity index (χ0) is 19.5. The molecule has 1 N–H and O–H groups in total. The summed E-state index contributed by atoms with van der Waals surface area (Å²) < 4.78 is 43.8. The minimum absolute atomic E-state index is 0.0582. The highest BCUT2D eigenvalue weighted by Crippen LogP contribution is 2.26. The Hall–Kier alpha value is -2.71. The van der Waals surface area contributed by atoms with E-state index in [1.54, 1.807) is 12.1 Å². The largest absolute Gasteiger partial charge is 0.472 e. The summed E-state index contributed by atoms with van der Waals surface area (Å²) in [4.78, 5) is 22.8. The van der Waals surface area contributed by atoms with Crippen molar-refractivity contribution in [3.63, 3.8) is 0 Å². The van der Waals surface area contributed by atoms with Gasteiger partial charge in [0.2, 0.25) is 11.7 Å². The Morgan fingerprint density at radius 2 is 1.88 bits per heavy atom. The molecule has 0 aliphatic carbocycles. The van der Waals surface area contributed by atoms with Crippen LogP contribution < -0.4 is 10.1 Å². The Bertz CT molecular complexity index is 784. The molecule has 0 unspecified atom stereocenters. The van der Waals surface area contributed by atoms with E-state index in [1.807, 2.05) is 20.8 Å². The van der Waals surface area contributed by atoms with Gasteiger partial charge in [-0.15, -0.1) is 0 Å². The molecule has 0 aliphatic rings. The number of carbonyl (C=O) groups is 1. The molecule has 9 heteroatoms. The second kappa shape index (κ2) is 7.27. The van der Waals surface area contributed by atoms with Crippen LogP contribution in [0.25, 0.3) is 0 Å². The van der Waals surface area contributed by atoms with Crippen LogP contribution in [-0.4, -0.2) is 26.5 Å². The quantitative estimate of drug-likeness (QED) is 0.896. The maximum absolute atomic E-state index is 12.7. The van der Waals surface area contributed by atoms with Crippen molar-refractivity contribution < 1.29 is 22.7 Å². The number of aryl methyl sites for hydroxylation is 1. The Morgan fingerprint density at radius 3 is 2.42 bits per heavy atom. The number of pyridine rings is 1. The van der Waals surface area contributed by atoms with E-state index in [1.165, 1.54) is 19.2 Å². The number of carbonyl (C=O) groups excluding carboxylic acids is 1. The summed E-state index contributed by atoms with van der Waals surface area (Å²) in [6.07, 6.45) is -3.19. The minimum Gasteiger partial charge on any atom is -0.472 e. The molecule has 2 heterocycles. The van der Waals surface area contributed by atoms with Gasteiger partial charge in [-0.25, -0.2) is 15.0 Å². The summed E-state index contributed by atoms with van der Waals surface area (Å²) in [6, 6.07) is 4.56. The van der Waals surface area contributed by atoms with Crippen molar-refractivity contribution in [3.05, 3.63) is 47.2 Å². The molecule has 0 fully saturated rings. The molecule has 0 aromatic carbocycles. The van der Waals surface area contributed by atoms with Crippen LogP contribution in [-0.2, 0) is 12.7 Å². The van der Waals surface area contributed by atoms with Gasteiger partial charge in [-0.2, -0.15) is 13.2 Å². The summed E-state index contributed by atoms with van der Waals surface area (Å²) in [7, 11) is 0. The summed E-state index contributed by atoms with van der Waals surface area (Å²) >= 11 is 0. The van der Waals surface area contributed by atoms with Gasteiger partial charge in [-0.05, 0) is 39.3 Å². The van der Waals surface area contributed by atoms with Crippen LogP contribution in [0.1, 0.15) is 48.3 Å². The third-order valence-electron chi connectivity index (χ3n) is 3.00. The highest BCUT2D eigenvalue weighted by atomic mass is 19.4. The molecule has 0 radical (unpaired) electrons. The lowest BCUT2D eigenvalue weighted by Crippen LogP contribution is -2.26. The van der Waals surface area contributed by atoms with E-state index in [9.17, 15) is 18.0 Å². The summed E-state index contributed by atoms with van der Waals surface area (Å²) in [6.45, 7) is 7.13. The molecule has 0 saturated heterocycles. The first-order chi connectivity index (χ1) is 11.9. The minimum atomic E-state index is -4.71. The van der Waals surface area contributed by atoms with E-state index in [4.69, 9.17) is 4.74 Å². The molecular weight excluding hydrogens is 349 g/mol. The fraction of sp³-hybridized carbons (Fsp3) is 0.412. The van der Waals surface area contributed by atoms with E-state index in [0.717, 1.165) is 0 Å². The molecule has 0 aliphatic heterocycles. The number of alkyl halides is 3. The van der Waals surface area contributed by atoms with E-state index in [2.05, 4.69) is 20.3 Å². The van der Waals surface area contributed by atoms with Gasteiger partial charge < -0.3 is 10.1 Å². The first kappa shape index (κ1) is 19.6. The van der Waals surface area contributed by atoms with Gasteiger partial charge in [0.15, 0.2) is 0 Å². The number of hydrogen-bond acceptors (Lipinski definition) is 5. The first-order valence-corrected chi connectivity index (χ1v) is 7.79. The number of amides is 1. The van der Waals surface area contributed by atoms with E-state index >= 15 is 0 Å². The lowest BCUT2D eigenvalue weighted by Gasteiger charge is -2.20. The van der Waals surface area contributed by atoms with Crippen LogP contribution in [0.2, 0.25) is 0 Å². The third-order valence-corrected chi connectivity index (χ3v) is 3.00. The number of nitrogens with zero attached hydrogens (tertiary/aromatic N) is 3. The molecular formula is C17H19F3N4O2. The van der Waals surface area contributed by atoms with Crippen molar-refractivity contribution in [2.24, 2.45) is 0 Å². The van der Waals surface area contributed by atoms with Crippen molar-refractivity contribution in [2.45, 2.75) is 46.0 Å². The van der Waals surface area contributed by atoms with Crippen LogP contribution >= 0.6 is 0 Å². The average molecular weight is 368 g/mol. The normalized spacial score (nSPS) is 12.0. The molecule has 2 aromatic rings. The van der Waals surface area contributed by atoms with E-state index in [0.29, 0.717) is 11.4 Å². The Labute approximate surface area is 148 Å². The zero-order valence-corrected chi connectivity index (χ0v) is 14.8. The predicted molar refractivity (Wildman–Crippen MR) is 87.6 cm³/mol. The molecule has 6 nitrogen and oxygen atoms in total. The Balaban J connectivity index is 2.04. The van der Waals surface area contributed by atoms with Gasteiger partial charge in [-0.3, -0.25) is 4.79 Å². The number of aromatic nitrogens is 3. The summed E-state index contributed by atoms with van der Waals surface area (Å²) in [5, 5.41) is 2.51. The van der Waals surface area contributed by atoms with Gasteiger partial charge in [0.05, 0.1) is 0 Å². The van der Waals surface area contributed by atoms with Gasteiger partial charge in [0.1, 0.15) is 11.3 Å². The molecule has 1 amide bonds. The second-order valence-corrected chi connectivity index (χ2v) is 6.62. The van der Waals surface area contributed by atoms with Gasteiger partial charge in [-0.1, -0.05) is 6.07 Å². The van der Waals surface area contributed by atoms with Gasteiger partial charge >= 0.3 is 6.18 Å². The highest BCUT2D eigenvalue weighted by Gasteiger charge is 2.35. The SMILES string of the molecule is Cc1cc(C(=O)NCc2ccc(OC(C)(C)C)nc2)nc(C(F)(F)F)n1. The second-order valence-electron chi connectivity index (χ2n) is 6.62. The lowest BCUT2D eigenvalue weighted by molar-refractivity contribution is -0.145. The maximum Gasteiger partial charge on any atom is 0.451 e. The topological polar surface area (TPSA) is 77.0 Å². The smallest absolute Gasteiger partial charge is 0.451 e. The number of halogens is 3. The molecule has 0 bridgehead atoms. The molecule has 140 valence electrons. The van der Waals surface area contributed by atoms with Crippen LogP contribution in [0.15, 0.2) is 24.4 Å². The Morgan fingerprint density at radius 1 is 1.19 bits per heavy atom. The van der Waals surface area contributed by atoms with E-state index < -0.39 is 17.9 Å². The average Bonchev–Trinajstić information content (AvgIpc) is 2.51. The summed E-state index contributed by atoms with van der Waals surface area (Å²) in [5.74, 6) is -1.63. The molecule has 0 saturated carbocycles. The molecule has 0 atom stereocenters. The zero-order valence-electron chi connectivity index (χ0n) is 14.8. The van der Waals surface area contributed by atoms with Gasteiger partial charge in [0.25, 0.3) is 5.91 Å². The monoisotopic (exact) mass is 368 g/mol. The van der Waals surface area contributed by atoms with Crippen molar-refractivity contribution in [1.29, 1.82) is 0 Å². The molecule has 0 spiro atoms. The number of hydrogen-bond donors (Lipinski definition) is 1. The van der Waals surface area contributed by atoms with Crippen LogP contribution in [0.4, 0.5) is 13.2 Å². The van der Waals surface area contributed by atoms with Crippen molar-refractivity contribution in [2.75, 3.05) is 0 Å². The van der Waals surface area contributed by atoms with Crippen molar-refractivity contribution >= 4 is 5.91 Å². The third kappa shape index (κ3) is 5.68. The van der Waals surface area contributed by atoms with E-state index in [-0.39, 0.29) is 23.5 Å². The molecule has 26 heavy (non-hydrogen) atoms. The lowest BCUT2D eigenvalue weighted by atomic mass is 10.2. The van der Waals surface area contributed by atoms with Gasteiger partial charge in [0, 0.05) is 24.5 Å². The fourth-order valence-corrected chi connectivity index (χ4v) is 1.97. The summed E-state index contributed by atoms with van der Waals surface area (Å²) in [5.41, 5.74) is -0.00112. The highest BCUT2D eigenvalue weighted by molar-refractivity contribution is 5.92.